The standard InChI is InChI=1S/C21H27N5O2S/c1-16(27)25-9-5-8-24(10-11-25)14-21(28)26-12-18(17-6-3-2-4-7-17)19(13-26)20-15-29-23-22-20/h2-4,6-7,15,18-19H,5,8-14H2,1H3/t18-,19+/m0/s1. The van der Waals surface area contributed by atoms with Crippen LogP contribution in [0.5, 0.6) is 0 Å². The second-order valence-electron chi connectivity index (χ2n) is 7.89. The summed E-state index contributed by atoms with van der Waals surface area (Å²) in [6, 6.07) is 10.4. The highest BCUT2D eigenvalue weighted by molar-refractivity contribution is 7.03. The minimum atomic E-state index is 0.114. The molecule has 0 saturated carbocycles. The zero-order chi connectivity index (χ0) is 20.2. The van der Waals surface area contributed by atoms with Crippen LogP contribution >= 0.6 is 11.5 Å². The quantitative estimate of drug-likeness (QED) is 0.765. The van der Waals surface area contributed by atoms with Crippen molar-refractivity contribution in [1.82, 2.24) is 24.3 Å². The Hall–Kier alpha value is -2.32. The van der Waals surface area contributed by atoms with E-state index in [0.717, 1.165) is 31.7 Å². The predicted octanol–water partition coefficient (Wildman–Crippen LogP) is 1.80. The van der Waals surface area contributed by atoms with E-state index >= 15 is 0 Å². The molecule has 4 rings (SSSR count). The third-order valence-electron chi connectivity index (χ3n) is 6.05. The van der Waals surface area contributed by atoms with Crippen molar-refractivity contribution in [1.29, 1.82) is 0 Å². The number of benzene rings is 1. The molecule has 2 fully saturated rings. The fraction of sp³-hybridized carbons (Fsp3) is 0.524. The molecule has 7 nitrogen and oxygen atoms in total. The van der Waals surface area contributed by atoms with Gasteiger partial charge in [-0.2, -0.15) is 0 Å². The normalized spacial score (nSPS) is 23.2. The molecule has 2 atom stereocenters. The van der Waals surface area contributed by atoms with E-state index in [1.807, 2.05) is 33.4 Å². The van der Waals surface area contributed by atoms with Gasteiger partial charge in [0.15, 0.2) is 0 Å². The summed E-state index contributed by atoms with van der Waals surface area (Å²) in [4.78, 5) is 30.8. The summed E-state index contributed by atoms with van der Waals surface area (Å²) in [5.74, 6) is 0.690. The van der Waals surface area contributed by atoms with Crippen molar-refractivity contribution < 1.29 is 9.59 Å². The Kier molecular flexibility index (Phi) is 6.20. The SMILES string of the molecule is CC(=O)N1CCCN(CC(=O)N2C[C@@H](c3ccccc3)[C@H](c3csnn3)C2)CC1. The van der Waals surface area contributed by atoms with E-state index in [2.05, 4.69) is 26.6 Å². The summed E-state index contributed by atoms with van der Waals surface area (Å²) >= 11 is 1.36. The van der Waals surface area contributed by atoms with Crippen molar-refractivity contribution in [3.63, 3.8) is 0 Å². The summed E-state index contributed by atoms with van der Waals surface area (Å²) in [5.41, 5.74) is 2.22. The molecule has 0 spiro atoms. The van der Waals surface area contributed by atoms with Crippen molar-refractivity contribution in [2.24, 2.45) is 0 Å². The van der Waals surface area contributed by atoms with Gasteiger partial charge in [0, 0.05) is 63.4 Å². The van der Waals surface area contributed by atoms with Crippen LogP contribution in [0.15, 0.2) is 35.7 Å². The molecule has 0 bridgehead atoms. The van der Waals surface area contributed by atoms with Gasteiger partial charge in [0.2, 0.25) is 11.8 Å². The lowest BCUT2D eigenvalue weighted by molar-refractivity contribution is -0.131. The second-order valence-corrected chi connectivity index (χ2v) is 8.50. The Morgan fingerprint density at radius 3 is 2.55 bits per heavy atom. The van der Waals surface area contributed by atoms with Gasteiger partial charge in [-0.25, -0.2) is 0 Å². The highest BCUT2D eigenvalue weighted by Gasteiger charge is 2.38. The van der Waals surface area contributed by atoms with E-state index in [4.69, 9.17) is 0 Å². The largest absolute Gasteiger partial charge is 0.342 e. The fourth-order valence-electron chi connectivity index (χ4n) is 4.41. The zero-order valence-corrected chi connectivity index (χ0v) is 17.6. The molecule has 154 valence electrons. The third kappa shape index (κ3) is 4.64. The van der Waals surface area contributed by atoms with Gasteiger partial charge in [-0.3, -0.25) is 14.5 Å². The van der Waals surface area contributed by atoms with Crippen LogP contribution in [-0.4, -0.2) is 81.9 Å². The molecular formula is C21H27N5O2S. The topological polar surface area (TPSA) is 69.6 Å². The van der Waals surface area contributed by atoms with Crippen molar-refractivity contribution in [3.05, 3.63) is 47.0 Å². The molecule has 1 aromatic carbocycles. The number of carbonyl (C=O) groups is 2. The first-order valence-electron chi connectivity index (χ1n) is 10.2. The molecule has 2 amide bonds. The van der Waals surface area contributed by atoms with Crippen LogP contribution in [0, 0.1) is 0 Å². The second kappa shape index (κ2) is 9.00. The van der Waals surface area contributed by atoms with E-state index in [1.54, 1.807) is 6.92 Å². The lowest BCUT2D eigenvalue weighted by Crippen LogP contribution is -2.41. The van der Waals surface area contributed by atoms with Gasteiger partial charge >= 0.3 is 0 Å². The first-order chi connectivity index (χ1) is 14.1. The average molecular weight is 414 g/mol. The molecule has 2 aromatic rings. The van der Waals surface area contributed by atoms with E-state index in [0.29, 0.717) is 26.2 Å². The average Bonchev–Trinajstić information content (AvgIpc) is 3.35. The number of hydrogen-bond donors (Lipinski definition) is 0. The molecule has 29 heavy (non-hydrogen) atoms. The maximum absolute atomic E-state index is 13.1. The molecule has 0 aliphatic carbocycles. The summed E-state index contributed by atoms with van der Waals surface area (Å²) in [5, 5.41) is 6.30. The van der Waals surface area contributed by atoms with Crippen LogP contribution in [0.1, 0.15) is 36.4 Å². The molecule has 2 aliphatic rings. The summed E-state index contributed by atoms with van der Waals surface area (Å²) in [7, 11) is 0. The number of likely N-dealkylation sites (tertiary alicyclic amines) is 1. The molecular weight excluding hydrogens is 386 g/mol. The summed E-state index contributed by atoms with van der Waals surface area (Å²) in [6.07, 6.45) is 0.909. The van der Waals surface area contributed by atoms with Gasteiger partial charge in [0.25, 0.3) is 0 Å². The molecule has 0 radical (unpaired) electrons. The Morgan fingerprint density at radius 2 is 1.83 bits per heavy atom. The minimum absolute atomic E-state index is 0.114. The van der Waals surface area contributed by atoms with E-state index in [1.165, 1.54) is 17.1 Å². The van der Waals surface area contributed by atoms with Crippen molar-refractivity contribution in [2.45, 2.75) is 25.2 Å². The van der Waals surface area contributed by atoms with Crippen LogP contribution in [0.2, 0.25) is 0 Å². The number of rotatable bonds is 4. The van der Waals surface area contributed by atoms with Gasteiger partial charge < -0.3 is 9.80 Å². The lowest BCUT2D eigenvalue weighted by atomic mass is 9.87. The maximum Gasteiger partial charge on any atom is 0.236 e. The Balaban J connectivity index is 1.43. The van der Waals surface area contributed by atoms with Crippen LogP contribution < -0.4 is 0 Å². The monoisotopic (exact) mass is 413 g/mol. The van der Waals surface area contributed by atoms with E-state index in [-0.39, 0.29) is 23.7 Å². The van der Waals surface area contributed by atoms with Crippen LogP contribution in [0.25, 0.3) is 0 Å². The molecule has 3 heterocycles. The van der Waals surface area contributed by atoms with Crippen molar-refractivity contribution in [2.75, 3.05) is 45.8 Å². The van der Waals surface area contributed by atoms with Gasteiger partial charge in [-0.15, -0.1) is 5.10 Å². The minimum Gasteiger partial charge on any atom is -0.342 e. The molecule has 8 heteroatoms. The number of amides is 2. The smallest absolute Gasteiger partial charge is 0.236 e. The molecule has 2 aliphatic heterocycles. The highest BCUT2D eigenvalue weighted by Crippen LogP contribution is 2.39. The molecule has 0 N–H and O–H groups in total. The first kappa shape index (κ1) is 20.0. The molecule has 2 saturated heterocycles. The third-order valence-corrected chi connectivity index (χ3v) is 6.57. The first-order valence-corrected chi connectivity index (χ1v) is 11.0. The Morgan fingerprint density at radius 1 is 1.03 bits per heavy atom. The van der Waals surface area contributed by atoms with E-state index in [9.17, 15) is 9.59 Å². The van der Waals surface area contributed by atoms with Gasteiger partial charge in [-0.05, 0) is 23.5 Å². The maximum atomic E-state index is 13.1. The number of aromatic nitrogens is 2. The number of nitrogens with zero attached hydrogens (tertiary/aromatic N) is 5. The van der Waals surface area contributed by atoms with Crippen LogP contribution in [-0.2, 0) is 9.59 Å². The van der Waals surface area contributed by atoms with E-state index < -0.39 is 0 Å². The Labute approximate surface area is 175 Å². The Bertz CT molecular complexity index is 829. The van der Waals surface area contributed by atoms with Crippen molar-refractivity contribution in [3.8, 4) is 0 Å². The van der Waals surface area contributed by atoms with Crippen molar-refractivity contribution >= 4 is 23.3 Å². The highest BCUT2D eigenvalue weighted by atomic mass is 32.1. The van der Waals surface area contributed by atoms with Gasteiger partial charge in [0.1, 0.15) is 0 Å². The number of carbonyl (C=O) groups excluding carboxylic acids is 2. The summed E-state index contributed by atoms with van der Waals surface area (Å²) in [6.45, 7) is 6.49. The lowest BCUT2D eigenvalue weighted by Gasteiger charge is -2.24. The number of hydrogen-bond acceptors (Lipinski definition) is 6. The molecule has 1 aromatic heterocycles. The van der Waals surface area contributed by atoms with Crippen LogP contribution in [0.3, 0.4) is 0 Å². The zero-order valence-electron chi connectivity index (χ0n) is 16.7. The van der Waals surface area contributed by atoms with Crippen LogP contribution in [0.4, 0.5) is 0 Å². The molecule has 0 unspecified atom stereocenters. The van der Waals surface area contributed by atoms with Gasteiger partial charge in [0.05, 0.1) is 12.2 Å². The summed E-state index contributed by atoms with van der Waals surface area (Å²) < 4.78 is 4.04. The predicted molar refractivity (Wildman–Crippen MR) is 112 cm³/mol. The fourth-order valence-corrected chi connectivity index (χ4v) is 4.93. The van der Waals surface area contributed by atoms with Gasteiger partial charge in [-0.1, -0.05) is 34.8 Å².